The molecule has 0 saturated carbocycles. The van der Waals surface area contributed by atoms with Crippen molar-refractivity contribution in [3.63, 3.8) is 0 Å². The third-order valence-electron chi connectivity index (χ3n) is 0.934. The summed E-state index contributed by atoms with van der Waals surface area (Å²) in [7, 11) is -3.51. The second-order valence-corrected chi connectivity index (χ2v) is 24.8. The summed E-state index contributed by atoms with van der Waals surface area (Å²) in [5.41, 5.74) is 0. The molecular formula is H3O10P3S11. The molecule has 1 fully saturated rings. The van der Waals surface area contributed by atoms with Crippen LogP contribution in [-0.2, 0) is 30.3 Å². The lowest BCUT2D eigenvalue weighted by Crippen LogP contribution is -1.94. The summed E-state index contributed by atoms with van der Waals surface area (Å²) in [5.74, 6) is 0. The molecule has 1 aliphatic heterocycles. The van der Waals surface area contributed by atoms with Gasteiger partial charge in [0, 0.05) is 88.4 Å². The van der Waals surface area contributed by atoms with E-state index < -0.39 is 23.5 Å². The summed E-state index contributed by atoms with van der Waals surface area (Å²) >= 11 is 1.09. The zero-order valence-corrected chi connectivity index (χ0v) is 21.7. The topological polar surface area (TPSA) is 149 Å². The van der Waals surface area contributed by atoms with Crippen molar-refractivity contribution in [2.45, 2.75) is 0 Å². The highest BCUT2D eigenvalue weighted by atomic mass is 34.0. The Bertz CT molecular complexity index is 486. The first kappa shape index (κ1) is 26.3. The number of hydrogen-bond donors (Lipinski definition) is 3. The lowest BCUT2D eigenvalue weighted by Gasteiger charge is -2.17. The Morgan fingerprint density at radius 3 is 1.50 bits per heavy atom. The van der Waals surface area contributed by atoms with Crippen LogP contribution in [0.25, 0.3) is 0 Å². The van der Waals surface area contributed by atoms with E-state index in [9.17, 15) is 18.6 Å². The highest BCUT2D eigenvalue weighted by Gasteiger charge is 2.44. The normalized spacial score (nSPS) is 24.6. The van der Waals surface area contributed by atoms with Gasteiger partial charge in [-0.3, -0.25) is 0 Å². The molecule has 24 heavy (non-hydrogen) atoms. The second kappa shape index (κ2) is 13.5. The van der Waals surface area contributed by atoms with E-state index in [-0.39, 0.29) is 0 Å². The maximum absolute atomic E-state index is 12.3. The quantitative estimate of drug-likeness (QED) is 0.165. The Morgan fingerprint density at radius 1 is 0.750 bits per heavy atom. The van der Waals surface area contributed by atoms with E-state index in [2.05, 4.69) is 8.62 Å². The van der Waals surface area contributed by atoms with Gasteiger partial charge in [0.05, 0.1) is 22.1 Å². The Morgan fingerprint density at radius 2 is 1.12 bits per heavy atom. The van der Waals surface area contributed by atoms with Crippen LogP contribution < -0.4 is 0 Å². The molecule has 1 aliphatic rings. The van der Waals surface area contributed by atoms with Crippen molar-refractivity contribution in [2.75, 3.05) is 0 Å². The molecule has 0 aromatic heterocycles. The molecule has 10 nitrogen and oxygen atoms in total. The molecule has 0 amide bonds. The molecule has 3 N–H and O–H groups in total. The smallest absolute Gasteiger partial charge is 0.302 e. The van der Waals surface area contributed by atoms with Gasteiger partial charge in [-0.2, -0.15) is 8.62 Å². The summed E-state index contributed by atoms with van der Waals surface area (Å²) in [6.45, 7) is 0. The first-order chi connectivity index (χ1) is 11.1. The molecule has 1 heterocycles. The predicted octanol–water partition coefficient (Wildman–Crippen LogP) is 7.41. The van der Waals surface area contributed by atoms with E-state index in [1.165, 1.54) is 59.0 Å². The zero-order valence-electron chi connectivity index (χ0n) is 10.0. The van der Waals surface area contributed by atoms with Crippen LogP contribution in [0.15, 0.2) is 0 Å². The van der Waals surface area contributed by atoms with Gasteiger partial charge in [-0.15, -0.1) is 0 Å². The predicted molar refractivity (Wildman–Crippen MR) is 117 cm³/mol. The molecule has 0 aromatic rings. The minimum atomic E-state index is -5.40. The Labute approximate surface area is 177 Å². The first-order valence-corrected chi connectivity index (χ1v) is 22.7. The summed E-state index contributed by atoms with van der Waals surface area (Å²) < 4.78 is 51.7. The maximum atomic E-state index is 12.3. The van der Waals surface area contributed by atoms with E-state index in [4.69, 9.17) is 17.7 Å². The van der Waals surface area contributed by atoms with Crippen molar-refractivity contribution >= 4 is 134 Å². The maximum Gasteiger partial charge on any atom is 0.507 e. The molecule has 1 atom stereocenters. The van der Waals surface area contributed by atoms with Crippen LogP contribution in [0.3, 0.4) is 0 Å². The third-order valence-corrected chi connectivity index (χ3v) is 26.5. The lowest BCUT2D eigenvalue weighted by atomic mass is 15.7. The Hall–Kier alpha value is 4.26. The summed E-state index contributed by atoms with van der Waals surface area (Å²) in [6, 6.07) is 0. The van der Waals surface area contributed by atoms with E-state index >= 15 is 0 Å². The van der Waals surface area contributed by atoms with Crippen LogP contribution in [0.2, 0.25) is 0 Å². The monoisotopic (exact) mass is 608 g/mol. The third kappa shape index (κ3) is 14.3. The van der Waals surface area contributed by atoms with Gasteiger partial charge >= 0.3 is 23.5 Å². The van der Waals surface area contributed by atoms with E-state index in [1.54, 1.807) is 9.83 Å². The van der Waals surface area contributed by atoms with Crippen LogP contribution in [-0.4, -0.2) is 14.7 Å². The second-order valence-electron chi connectivity index (χ2n) is 2.47. The average molecular weight is 609 g/mol. The number of hydrogen-bond acceptors (Lipinski definition) is 18. The zero-order chi connectivity index (χ0) is 18.1. The largest absolute Gasteiger partial charge is 0.507 e. The SMILES string of the molecule is O=P(O)(O)OP(=O)(O)OP1(=O)OSSSSSSSSSSSO1. The van der Waals surface area contributed by atoms with Crippen LogP contribution in [0.5, 0.6) is 0 Å². The molecule has 144 valence electrons. The van der Waals surface area contributed by atoms with Crippen LogP contribution >= 0.6 is 134 Å². The highest BCUT2D eigenvalue weighted by Crippen LogP contribution is 2.73. The molecule has 1 saturated heterocycles. The first-order valence-electron chi connectivity index (χ1n) is 4.24. The molecule has 0 bridgehead atoms. The van der Waals surface area contributed by atoms with Gasteiger partial charge in [0.2, 0.25) is 0 Å². The van der Waals surface area contributed by atoms with Crippen molar-refractivity contribution in [1.82, 2.24) is 0 Å². The Balaban J connectivity index is 2.67. The highest BCUT2D eigenvalue weighted by molar-refractivity contribution is 9.53. The average Bonchev–Trinajstić information content (AvgIpc) is 2.40. The summed E-state index contributed by atoms with van der Waals surface area (Å²) in [4.78, 5) is 26.4. The van der Waals surface area contributed by atoms with Crippen molar-refractivity contribution in [3.8, 4) is 0 Å². The molecule has 0 spiro atoms. The molecule has 0 aliphatic carbocycles. The molecule has 0 radical (unpaired) electrons. The fourth-order valence-corrected chi connectivity index (χ4v) is 29.0. The minimum Gasteiger partial charge on any atom is -0.302 e. The summed E-state index contributed by atoms with van der Waals surface area (Å²) in [5, 5.41) is 0. The molecule has 24 heteroatoms. The fraction of sp³-hybridized carbons (Fsp3) is 0. The van der Waals surface area contributed by atoms with E-state index in [1.807, 2.05) is 0 Å². The molecular weight excluding hydrogens is 606 g/mol. The lowest BCUT2D eigenvalue weighted by molar-refractivity contribution is 0.215. The molecule has 0 aromatic carbocycles. The van der Waals surface area contributed by atoms with E-state index in [0.29, 0.717) is 22.1 Å². The Kier molecular flexibility index (Phi) is 14.8. The molecule has 1 rings (SSSR count). The van der Waals surface area contributed by atoms with Crippen LogP contribution in [0.1, 0.15) is 0 Å². The van der Waals surface area contributed by atoms with Crippen molar-refractivity contribution in [3.05, 3.63) is 0 Å². The van der Waals surface area contributed by atoms with Crippen LogP contribution in [0, 0.1) is 0 Å². The number of rotatable bonds is 4. The van der Waals surface area contributed by atoms with Gasteiger partial charge in [-0.25, -0.2) is 21.6 Å². The van der Waals surface area contributed by atoms with E-state index in [0.717, 1.165) is 19.7 Å². The van der Waals surface area contributed by atoms with Crippen molar-refractivity contribution in [2.24, 2.45) is 0 Å². The fourth-order valence-electron chi connectivity index (χ4n) is 0.517. The van der Waals surface area contributed by atoms with Crippen LogP contribution in [0.4, 0.5) is 0 Å². The van der Waals surface area contributed by atoms with Gasteiger partial charge in [0.15, 0.2) is 0 Å². The minimum absolute atomic E-state index is 0.545. The van der Waals surface area contributed by atoms with Gasteiger partial charge in [0.1, 0.15) is 0 Å². The molecule has 1 unspecified atom stereocenters. The van der Waals surface area contributed by atoms with Crippen molar-refractivity contribution in [1.29, 1.82) is 0 Å². The van der Waals surface area contributed by atoms with Gasteiger partial charge in [-0.05, 0) is 0 Å². The van der Waals surface area contributed by atoms with Gasteiger partial charge in [0.25, 0.3) is 0 Å². The standard InChI is InChI=1S/H3O10P3S11/c1-11(2,3)7-12(4,5)8-13(6)9-14-16-18-20-22-24-23-21-19-17-15-10-13/h(H,4,5)(H2,1,2,3). The summed E-state index contributed by atoms with van der Waals surface area (Å²) in [6.07, 6.45) is 0. The van der Waals surface area contributed by atoms with Gasteiger partial charge < -0.3 is 14.7 Å². The number of phosphoric acid groups is 3. The van der Waals surface area contributed by atoms with Crippen molar-refractivity contribution < 1.29 is 44.9 Å². The van der Waals surface area contributed by atoms with Gasteiger partial charge in [-0.1, -0.05) is 0 Å².